The Morgan fingerprint density at radius 1 is 0.893 bits per heavy atom. The molecule has 0 spiro atoms. The summed E-state index contributed by atoms with van der Waals surface area (Å²) in [5.74, 6) is -4.82. The third-order valence-electron chi connectivity index (χ3n) is 3.58. The lowest BCUT2D eigenvalue weighted by Crippen LogP contribution is -2.57. The van der Waals surface area contributed by atoms with E-state index >= 15 is 0 Å². The minimum atomic E-state index is -1.40. The van der Waals surface area contributed by atoms with Gasteiger partial charge in [0, 0.05) is 6.42 Å². The van der Waals surface area contributed by atoms with E-state index in [-0.39, 0.29) is 25.2 Å². The molecule has 160 valence electrons. The molecule has 0 aliphatic carbocycles. The molecule has 0 fully saturated rings. The molecule has 0 aliphatic heterocycles. The van der Waals surface area contributed by atoms with Crippen molar-refractivity contribution >= 4 is 29.7 Å². The van der Waals surface area contributed by atoms with Crippen LogP contribution in [-0.4, -0.2) is 76.3 Å². The van der Waals surface area contributed by atoms with Crippen molar-refractivity contribution < 1.29 is 39.3 Å². The largest absolute Gasteiger partial charge is 0.481 e. The number of amides is 3. The zero-order chi connectivity index (χ0) is 21.9. The van der Waals surface area contributed by atoms with Gasteiger partial charge in [-0.15, -0.1) is 0 Å². The monoisotopic (exact) mass is 404 g/mol. The van der Waals surface area contributed by atoms with Crippen molar-refractivity contribution in [2.75, 3.05) is 13.2 Å². The highest BCUT2D eigenvalue weighted by Crippen LogP contribution is 2.07. The smallest absolute Gasteiger partial charge is 0.322 e. The standard InChI is InChI=1S/C16H28N4O8/c1-8(2)5-10(19-14(26)9(17)3-4-12(22)23)16(28)20-11(7-21)15(27)18-6-13(24)25/h8-11,21H,3-7,17H2,1-2H3,(H,18,27)(H,19,26)(H,20,28)(H,22,23)(H,24,25). The zero-order valence-electron chi connectivity index (χ0n) is 15.8. The molecule has 0 aromatic rings. The third-order valence-corrected chi connectivity index (χ3v) is 3.58. The fourth-order valence-corrected chi connectivity index (χ4v) is 2.14. The molecule has 3 atom stereocenters. The van der Waals surface area contributed by atoms with Gasteiger partial charge in [0.05, 0.1) is 12.6 Å². The summed E-state index contributed by atoms with van der Waals surface area (Å²) < 4.78 is 0. The van der Waals surface area contributed by atoms with E-state index in [0.29, 0.717) is 0 Å². The van der Waals surface area contributed by atoms with Gasteiger partial charge in [0.15, 0.2) is 0 Å². The van der Waals surface area contributed by atoms with Gasteiger partial charge in [-0.3, -0.25) is 24.0 Å². The van der Waals surface area contributed by atoms with Crippen molar-refractivity contribution in [2.24, 2.45) is 11.7 Å². The fraction of sp³-hybridized carbons (Fsp3) is 0.688. The van der Waals surface area contributed by atoms with Crippen molar-refractivity contribution in [3.63, 3.8) is 0 Å². The summed E-state index contributed by atoms with van der Waals surface area (Å²) in [7, 11) is 0. The van der Waals surface area contributed by atoms with E-state index in [0.717, 1.165) is 0 Å². The van der Waals surface area contributed by atoms with Crippen LogP contribution in [-0.2, 0) is 24.0 Å². The van der Waals surface area contributed by atoms with Gasteiger partial charge < -0.3 is 37.0 Å². The van der Waals surface area contributed by atoms with Crippen LogP contribution in [0.25, 0.3) is 0 Å². The Kier molecular flexibility index (Phi) is 11.4. The first-order chi connectivity index (χ1) is 13.0. The Bertz CT molecular complexity index is 581. The van der Waals surface area contributed by atoms with Gasteiger partial charge >= 0.3 is 11.9 Å². The Morgan fingerprint density at radius 3 is 1.93 bits per heavy atom. The van der Waals surface area contributed by atoms with Crippen molar-refractivity contribution in [2.45, 2.75) is 51.2 Å². The van der Waals surface area contributed by atoms with Gasteiger partial charge in [0.1, 0.15) is 18.6 Å². The van der Waals surface area contributed by atoms with Crippen molar-refractivity contribution in [3.8, 4) is 0 Å². The van der Waals surface area contributed by atoms with Gasteiger partial charge in [0.2, 0.25) is 17.7 Å². The molecule has 12 nitrogen and oxygen atoms in total. The summed E-state index contributed by atoms with van der Waals surface area (Å²) in [5, 5.41) is 33.2. The molecular formula is C16H28N4O8. The SMILES string of the molecule is CC(C)CC(NC(=O)C(N)CCC(=O)O)C(=O)NC(CO)C(=O)NCC(=O)O. The molecule has 8 N–H and O–H groups in total. The number of hydrogen-bond donors (Lipinski definition) is 7. The molecule has 0 heterocycles. The molecule has 12 heteroatoms. The lowest BCUT2D eigenvalue weighted by Gasteiger charge is -2.24. The van der Waals surface area contributed by atoms with Gasteiger partial charge in [0.25, 0.3) is 0 Å². The van der Waals surface area contributed by atoms with Crippen molar-refractivity contribution in [1.29, 1.82) is 0 Å². The van der Waals surface area contributed by atoms with Crippen LogP contribution in [0, 0.1) is 5.92 Å². The maximum Gasteiger partial charge on any atom is 0.322 e. The fourth-order valence-electron chi connectivity index (χ4n) is 2.14. The van der Waals surface area contributed by atoms with Crippen LogP contribution in [0.1, 0.15) is 33.1 Å². The van der Waals surface area contributed by atoms with E-state index in [1.807, 2.05) is 5.32 Å². The number of aliphatic hydroxyl groups is 1. The highest BCUT2D eigenvalue weighted by atomic mass is 16.4. The van der Waals surface area contributed by atoms with Gasteiger partial charge in [-0.25, -0.2) is 0 Å². The van der Waals surface area contributed by atoms with E-state index in [1.54, 1.807) is 13.8 Å². The summed E-state index contributed by atoms with van der Waals surface area (Å²) >= 11 is 0. The summed E-state index contributed by atoms with van der Waals surface area (Å²) in [4.78, 5) is 57.4. The number of carboxylic acid groups (broad SMARTS) is 2. The molecule has 0 bridgehead atoms. The second-order valence-electron chi connectivity index (χ2n) is 6.58. The molecule has 28 heavy (non-hydrogen) atoms. The average Bonchev–Trinajstić information content (AvgIpc) is 2.60. The Labute approximate surface area is 161 Å². The average molecular weight is 404 g/mol. The van der Waals surface area contributed by atoms with Crippen LogP contribution in [0.2, 0.25) is 0 Å². The van der Waals surface area contributed by atoms with E-state index in [2.05, 4.69) is 10.6 Å². The first kappa shape index (κ1) is 25.3. The van der Waals surface area contributed by atoms with Crippen molar-refractivity contribution in [1.82, 2.24) is 16.0 Å². The summed E-state index contributed by atoms with van der Waals surface area (Å²) in [6.07, 6.45) is -0.238. The maximum atomic E-state index is 12.4. The molecule has 3 unspecified atom stereocenters. The second kappa shape index (κ2) is 12.6. The number of carboxylic acids is 2. The van der Waals surface area contributed by atoms with E-state index < -0.39 is 60.9 Å². The topological polar surface area (TPSA) is 208 Å². The van der Waals surface area contributed by atoms with Gasteiger partial charge in [-0.1, -0.05) is 13.8 Å². The molecular weight excluding hydrogens is 376 g/mol. The van der Waals surface area contributed by atoms with Crippen LogP contribution < -0.4 is 21.7 Å². The van der Waals surface area contributed by atoms with Crippen LogP contribution in [0.15, 0.2) is 0 Å². The Balaban J connectivity index is 4.99. The lowest BCUT2D eigenvalue weighted by molar-refractivity contribution is -0.139. The molecule has 0 aromatic carbocycles. The van der Waals surface area contributed by atoms with Crippen LogP contribution in [0.5, 0.6) is 0 Å². The number of carbonyl (C=O) groups excluding carboxylic acids is 3. The van der Waals surface area contributed by atoms with Crippen LogP contribution >= 0.6 is 0 Å². The van der Waals surface area contributed by atoms with Gasteiger partial charge in [-0.2, -0.15) is 0 Å². The molecule has 0 rings (SSSR count). The van der Waals surface area contributed by atoms with E-state index in [4.69, 9.17) is 15.9 Å². The molecule has 0 radical (unpaired) electrons. The Morgan fingerprint density at radius 2 is 1.46 bits per heavy atom. The molecule has 0 saturated carbocycles. The minimum absolute atomic E-state index is 0.0280. The summed E-state index contributed by atoms with van der Waals surface area (Å²) in [6.45, 7) is 2.12. The van der Waals surface area contributed by atoms with E-state index in [9.17, 15) is 29.1 Å². The quantitative estimate of drug-likeness (QED) is 0.171. The first-order valence-electron chi connectivity index (χ1n) is 8.66. The lowest BCUT2D eigenvalue weighted by atomic mass is 10.0. The Hall–Kier alpha value is -2.73. The normalized spacial score (nSPS) is 13.9. The van der Waals surface area contributed by atoms with Crippen LogP contribution in [0.3, 0.4) is 0 Å². The van der Waals surface area contributed by atoms with E-state index in [1.165, 1.54) is 0 Å². The summed E-state index contributed by atoms with van der Waals surface area (Å²) in [6, 6.07) is -3.62. The number of aliphatic carboxylic acids is 2. The maximum absolute atomic E-state index is 12.4. The first-order valence-corrected chi connectivity index (χ1v) is 8.66. The second-order valence-corrected chi connectivity index (χ2v) is 6.58. The zero-order valence-corrected chi connectivity index (χ0v) is 15.8. The minimum Gasteiger partial charge on any atom is -0.481 e. The highest BCUT2D eigenvalue weighted by molar-refractivity contribution is 5.93. The third kappa shape index (κ3) is 10.4. The number of nitrogens with one attached hydrogen (secondary N) is 3. The number of aliphatic hydroxyl groups excluding tert-OH is 1. The predicted molar refractivity (Wildman–Crippen MR) is 95.9 cm³/mol. The molecule has 3 amide bonds. The number of rotatable bonds is 13. The highest BCUT2D eigenvalue weighted by Gasteiger charge is 2.28. The number of carbonyl (C=O) groups is 5. The van der Waals surface area contributed by atoms with Crippen molar-refractivity contribution in [3.05, 3.63) is 0 Å². The molecule has 0 saturated heterocycles. The number of hydrogen-bond acceptors (Lipinski definition) is 7. The number of nitrogens with two attached hydrogens (primary N) is 1. The predicted octanol–water partition coefficient (Wildman–Crippen LogP) is -2.61. The molecule has 0 aliphatic rings. The van der Waals surface area contributed by atoms with Gasteiger partial charge in [-0.05, 0) is 18.8 Å². The van der Waals surface area contributed by atoms with Crippen LogP contribution in [0.4, 0.5) is 0 Å². The summed E-state index contributed by atoms with van der Waals surface area (Å²) in [5.41, 5.74) is 5.62. The molecule has 0 aromatic heterocycles.